The number of hydrogen-bond donors (Lipinski definition) is 2. The second-order valence-corrected chi connectivity index (χ2v) is 9.83. The third kappa shape index (κ3) is 5.17. The van der Waals surface area contributed by atoms with Crippen molar-refractivity contribution in [3.05, 3.63) is 88.4 Å². The van der Waals surface area contributed by atoms with Crippen LogP contribution in [0.5, 0.6) is 0 Å². The monoisotopic (exact) mass is 465 g/mol. The number of hydrazone groups is 1. The summed E-state index contributed by atoms with van der Waals surface area (Å²) in [6.07, 6.45) is 2.76. The molecule has 7 nitrogen and oxygen atoms in total. The molecule has 0 saturated carbocycles. The minimum Gasteiger partial charge on any atom is -0.455 e. The highest BCUT2D eigenvalue weighted by atomic mass is 32.2. The topological polar surface area (TPSA) is 101 Å². The molecule has 0 atom stereocenters. The number of amides is 1. The van der Waals surface area contributed by atoms with Crippen molar-refractivity contribution in [2.45, 2.75) is 44.4 Å². The van der Waals surface area contributed by atoms with Gasteiger partial charge in [0.2, 0.25) is 0 Å². The first-order valence-electron chi connectivity index (χ1n) is 10.9. The van der Waals surface area contributed by atoms with E-state index in [0.29, 0.717) is 36.4 Å². The van der Waals surface area contributed by atoms with Gasteiger partial charge in [-0.05, 0) is 50.8 Å². The zero-order valence-electron chi connectivity index (χ0n) is 18.7. The molecule has 0 spiro atoms. The minimum atomic E-state index is -3.79. The molecule has 1 aliphatic rings. The summed E-state index contributed by atoms with van der Waals surface area (Å²) in [6.45, 7) is 4.19. The summed E-state index contributed by atoms with van der Waals surface area (Å²) < 4.78 is 31.1. The lowest BCUT2D eigenvalue weighted by atomic mass is 9.93. The van der Waals surface area contributed by atoms with Crippen molar-refractivity contribution in [1.29, 1.82) is 0 Å². The fourth-order valence-electron chi connectivity index (χ4n) is 3.93. The van der Waals surface area contributed by atoms with E-state index in [2.05, 4.69) is 15.2 Å². The van der Waals surface area contributed by atoms with Gasteiger partial charge in [-0.1, -0.05) is 48.0 Å². The van der Waals surface area contributed by atoms with Crippen LogP contribution in [0.4, 0.5) is 0 Å². The lowest BCUT2D eigenvalue weighted by Crippen LogP contribution is -2.26. The van der Waals surface area contributed by atoms with Gasteiger partial charge in [0.25, 0.3) is 15.9 Å². The highest BCUT2D eigenvalue weighted by molar-refractivity contribution is 7.89. The zero-order chi connectivity index (χ0) is 23.4. The van der Waals surface area contributed by atoms with Crippen LogP contribution < -0.4 is 10.1 Å². The Morgan fingerprint density at radius 1 is 1.03 bits per heavy atom. The van der Waals surface area contributed by atoms with Crippen LogP contribution in [0.1, 0.15) is 51.4 Å². The molecule has 0 aliphatic heterocycles. The molecule has 0 bridgehead atoms. The van der Waals surface area contributed by atoms with E-state index in [1.54, 1.807) is 24.3 Å². The fraction of sp³-hybridized carbons (Fsp3) is 0.280. The second kappa shape index (κ2) is 9.62. The molecule has 3 aromatic rings. The van der Waals surface area contributed by atoms with Gasteiger partial charge in [0.05, 0.1) is 10.6 Å². The Hall–Kier alpha value is -3.39. The van der Waals surface area contributed by atoms with Gasteiger partial charge >= 0.3 is 0 Å². The van der Waals surface area contributed by atoms with Crippen LogP contribution >= 0.6 is 0 Å². The standard InChI is InChI=1S/C25H27N3O4S/c1-17-11-13-20(14-12-17)33(30,31)28-27-21-9-6-10-22-23(21)18(2)24(32-22)25(29)26-16-15-19-7-4-3-5-8-19/h3-5,7-8,11-14,28H,6,9-10,15-16H2,1-2H3,(H,26,29)/b27-21+. The molecule has 0 radical (unpaired) electrons. The van der Waals surface area contributed by atoms with Gasteiger partial charge in [0.1, 0.15) is 5.76 Å². The Kier molecular flexibility index (Phi) is 6.65. The Morgan fingerprint density at radius 3 is 2.48 bits per heavy atom. The predicted octanol–water partition coefficient (Wildman–Crippen LogP) is 3.89. The summed E-state index contributed by atoms with van der Waals surface area (Å²) in [7, 11) is -3.79. The number of sulfonamides is 1. The predicted molar refractivity (Wildman–Crippen MR) is 127 cm³/mol. The van der Waals surface area contributed by atoms with E-state index >= 15 is 0 Å². The van der Waals surface area contributed by atoms with Crippen LogP contribution in [0.2, 0.25) is 0 Å². The number of nitrogens with one attached hydrogen (secondary N) is 2. The molecule has 2 aromatic carbocycles. The number of carbonyl (C=O) groups excluding carboxylic acids is 1. The maximum absolute atomic E-state index is 12.8. The second-order valence-electron chi connectivity index (χ2n) is 8.17. The van der Waals surface area contributed by atoms with Crippen LogP contribution in [0.3, 0.4) is 0 Å². The molecule has 1 aromatic heterocycles. The van der Waals surface area contributed by atoms with Crippen molar-refractivity contribution in [2.75, 3.05) is 6.54 Å². The van der Waals surface area contributed by atoms with E-state index in [1.165, 1.54) is 0 Å². The smallest absolute Gasteiger partial charge is 0.287 e. The van der Waals surface area contributed by atoms with E-state index in [9.17, 15) is 13.2 Å². The molecule has 4 rings (SSSR count). The molecule has 0 fully saturated rings. The van der Waals surface area contributed by atoms with E-state index in [-0.39, 0.29) is 16.6 Å². The lowest BCUT2D eigenvalue weighted by Gasteiger charge is -2.14. The maximum Gasteiger partial charge on any atom is 0.287 e. The molecule has 172 valence electrons. The number of benzene rings is 2. The quantitative estimate of drug-likeness (QED) is 0.517. The van der Waals surface area contributed by atoms with Gasteiger partial charge in [0.15, 0.2) is 5.76 Å². The largest absolute Gasteiger partial charge is 0.455 e. The van der Waals surface area contributed by atoms with Gasteiger partial charge in [-0.3, -0.25) is 4.79 Å². The van der Waals surface area contributed by atoms with Gasteiger partial charge in [-0.2, -0.15) is 18.4 Å². The van der Waals surface area contributed by atoms with Crippen LogP contribution in [0, 0.1) is 13.8 Å². The van der Waals surface area contributed by atoms with Gasteiger partial charge < -0.3 is 9.73 Å². The SMILES string of the molecule is Cc1ccc(S(=O)(=O)N/N=C2\CCCc3oc(C(=O)NCCc4ccccc4)c(C)c32)cc1. The highest BCUT2D eigenvalue weighted by Crippen LogP contribution is 2.30. The number of aryl methyl sites for hydroxylation is 2. The maximum atomic E-state index is 12.8. The van der Waals surface area contributed by atoms with E-state index in [1.807, 2.05) is 44.2 Å². The van der Waals surface area contributed by atoms with Gasteiger partial charge in [0, 0.05) is 24.1 Å². The molecule has 2 N–H and O–H groups in total. The summed E-state index contributed by atoms with van der Waals surface area (Å²) in [6, 6.07) is 16.5. The first-order valence-corrected chi connectivity index (χ1v) is 12.4. The molecular weight excluding hydrogens is 438 g/mol. The summed E-state index contributed by atoms with van der Waals surface area (Å²) in [4.78, 5) is 15.2. The summed E-state index contributed by atoms with van der Waals surface area (Å²) in [5.74, 6) is 0.640. The first-order chi connectivity index (χ1) is 15.8. The van der Waals surface area contributed by atoms with Crippen LogP contribution in [-0.4, -0.2) is 26.6 Å². The number of furan rings is 1. The van der Waals surface area contributed by atoms with Gasteiger partial charge in [-0.25, -0.2) is 0 Å². The Balaban J connectivity index is 1.49. The number of nitrogens with zero attached hydrogens (tertiary/aromatic N) is 1. The minimum absolute atomic E-state index is 0.149. The van der Waals surface area contributed by atoms with E-state index in [0.717, 1.165) is 29.5 Å². The summed E-state index contributed by atoms with van der Waals surface area (Å²) >= 11 is 0. The fourth-order valence-corrected chi connectivity index (χ4v) is 4.76. The molecule has 0 saturated heterocycles. The Labute approximate surface area is 194 Å². The third-order valence-corrected chi connectivity index (χ3v) is 6.93. The van der Waals surface area contributed by atoms with Crippen molar-refractivity contribution < 1.29 is 17.6 Å². The Bertz CT molecular complexity index is 1280. The van der Waals surface area contributed by atoms with E-state index < -0.39 is 10.0 Å². The van der Waals surface area contributed by atoms with Crippen molar-refractivity contribution in [3.63, 3.8) is 0 Å². The van der Waals surface area contributed by atoms with E-state index in [4.69, 9.17) is 4.42 Å². The van der Waals surface area contributed by atoms with Crippen molar-refractivity contribution in [1.82, 2.24) is 10.1 Å². The van der Waals surface area contributed by atoms with Crippen molar-refractivity contribution in [2.24, 2.45) is 5.10 Å². The normalized spacial score (nSPS) is 14.7. The molecule has 1 heterocycles. The van der Waals surface area contributed by atoms with Crippen LogP contribution in [-0.2, 0) is 22.9 Å². The summed E-state index contributed by atoms with van der Waals surface area (Å²) in [5, 5.41) is 7.13. The Morgan fingerprint density at radius 2 is 1.76 bits per heavy atom. The zero-order valence-corrected chi connectivity index (χ0v) is 19.5. The van der Waals surface area contributed by atoms with Gasteiger partial charge in [-0.15, -0.1) is 0 Å². The average molecular weight is 466 g/mol. The third-order valence-electron chi connectivity index (χ3n) is 5.71. The average Bonchev–Trinajstić information content (AvgIpc) is 3.16. The molecule has 0 unspecified atom stereocenters. The molecular formula is C25H27N3O4S. The van der Waals surface area contributed by atoms with Crippen molar-refractivity contribution >= 4 is 21.6 Å². The number of rotatable bonds is 7. The van der Waals surface area contributed by atoms with Crippen LogP contribution in [0.25, 0.3) is 0 Å². The number of carbonyl (C=O) groups is 1. The molecule has 1 aliphatic carbocycles. The molecule has 1 amide bonds. The van der Waals surface area contributed by atoms with Crippen LogP contribution in [0.15, 0.2) is 69.0 Å². The lowest BCUT2D eigenvalue weighted by molar-refractivity contribution is 0.0923. The molecule has 8 heteroatoms. The number of fused-ring (bicyclic) bond motifs is 1. The summed E-state index contributed by atoms with van der Waals surface area (Å²) in [5.41, 5.74) is 4.09. The first kappa shape index (κ1) is 22.8. The highest BCUT2D eigenvalue weighted by Gasteiger charge is 2.28. The number of hydrogen-bond acceptors (Lipinski definition) is 5. The van der Waals surface area contributed by atoms with Crippen molar-refractivity contribution in [3.8, 4) is 0 Å². The molecule has 33 heavy (non-hydrogen) atoms.